The van der Waals surface area contributed by atoms with Crippen molar-refractivity contribution in [1.29, 1.82) is 0 Å². The second kappa shape index (κ2) is 7.79. The summed E-state index contributed by atoms with van der Waals surface area (Å²) < 4.78 is 4.72. The number of nitrogens with zero attached hydrogens (tertiary/aromatic N) is 2. The van der Waals surface area contributed by atoms with E-state index in [1.165, 1.54) is 7.11 Å². The molecule has 1 heterocycles. The molecule has 1 rings (SSSR count). The van der Waals surface area contributed by atoms with Crippen LogP contribution in [0.5, 0.6) is 0 Å². The first-order valence-corrected chi connectivity index (χ1v) is 6.02. The third-order valence-corrected chi connectivity index (χ3v) is 2.55. The zero-order valence-corrected chi connectivity index (χ0v) is 11.3. The van der Waals surface area contributed by atoms with Crippen molar-refractivity contribution < 1.29 is 9.53 Å². The van der Waals surface area contributed by atoms with Gasteiger partial charge in [0.05, 0.1) is 18.4 Å². The smallest absolute Gasteiger partial charge is 0.339 e. The molecule has 0 aromatic carbocycles. The fourth-order valence-corrected chi connectivity index (χ4v) is 1.60. The molecule has 100 valence electrons. The van der Waals surface area contributed by atoms with Crippen molar-refractivity contribution in [2.45, 2.75) is 13.0 Å². The number of aromatic nitrogens is 1. The van der Waals surface area contributed by atoms with Crippen LogP contribution in [0.3, 0.4) is 0 Å². The van der Waals surface area contributed by atoms with Crippen molar-refractivity contribution in [2.24, 2.45) is 0 Å². The monoisotopic (exact) mass is 251 g/mol. The Labute approximate surface area is 108 Å². The Balaban J connectivity index is 2.44. The lowest BCUT2D eigenvalue weighted by atomic mass is 10.2. The number of ether oxygens (including phenoxy) is 1. The number of carbonyl (C=O) groups is 1. The zero-order chi connectivity index (χ0) is 13.4. The molecule has 1 aromatic rings. The van der Waals surface area contributed by atoms with Crippen molar-refractivity contribution in [3.05, 3.63) is 29.6 Å². The van der Waals surface area contributed by atoms with E-state index >= 15 is 0 Å². The van der Waals surface area contributed by atoms with Gasteiger partial charge in [-0.15, -0.1) is 0 Å². The summed E-state index contributed by atoms with van der Waals surface area (Å²) in [5.41, 5.74) is 1.26. The standard InChI is InChI=1S/C13H21N3O2/c1-16(2)9-5-7-14-10-12-11(13(17)18-3)6-4-8-15-12/h4,6,8,14H,5,7,9-10H2,1-3H3. The lowest BCUT2D eigenvalue weighted by Crippen LogP contribution is -2.22. The Bertz CT molecular complexity index is 380. The van der Waals surface area contributed by atoms with Crippen LogP contribution in [0, 0.1) is 0 Å². The highest BCUT2D eigenvalue weighted by molar-refractivity contribution is 5.90. The molecule has 0 unspecified atom stereocenters. The van der Waals surface area contributed by atoms with Crippen LogP contribution < -0.4 is 5.32 Å². The molecule has 0 aliphatic heterocycles. The maximum absolute atomic E-state index is 11.5. The van der Waals surface area contributed by atoms with Gasteiger partial charge in [-0.25, -0.2) is 4.79 Å². The molecule has 0 atom stereocenters. The average Bonchev–Trinajstić information content (AvgIpc) is 2.37. The normalized spacial score (nSPS) is 10.7. The predicted molar refractivity (Wildman–Crippen MR) is 70.5 cm³/mol. The van der Waals surface area contributed by atoms with Crippen molar-refractivity contribution in [3.63, 3.8) is 0 Å². The van der Waals surface area contributed by atoms with E-state index in [2.05, 4.69) is 15.2 Å². The van der Waals surface area contributed by atoms with E-state index in [1.54, 1.807) is 18.3 Å². The number of rotatable bonds is 7. The number of methoxy groups -OCH3 is 1. The molecule has 0 bridgehead atoms. The largest absolute Gasteiger partial charge is 0.465 e. The topological polar surface area (TPSA) is 54.5 Å². The lowest BCUT2D eigenvalue weighted by molar-refractivity contribution is 0.0598. The average molecular weight is 251 g/mol. The molecule has 0 spiro atoms. The number of nitrogens with one attached hydrogen (secondary N) is 1. The highest BCUT2D eigenvalue weighted by Crippen LogP contribution is 2.06. The van der Waals surface area contributed by atoms with Crippen LogP contribution in [0.2, 0.25) is 0 Å². The summed E-state index contributed by atoms with van der Waals surface area (Å²) in [5.74, 6) is -0.340. The van der Waals surface area contributed by atoms with Gasteiger partial charge in [-0.3, -0.25) is 4.98 Å². The van der Waals surface area contributed by atoms with Gasteiger partial charge in [0.1, 0.15) is 0 Å². The Morgan fingerprint density at radius 3 is 2.94 bits per heavy atom. The Hall–Kier alpha value is -1.46. The minimum absolute atomic E-state index is 0.340. The van der Waals surface area contributed by atoms with E-state index in [9.17, 15) is 4.79 Å². The minimum Gasteiger partial charge on any atom is -0.465 e. The number of pyridine rings is 1. The van der Waals surface area contributed by atoms with Crippen molar-refractivity contribution in [1.82, 2.24) is 15.2 Å². The molecule has 0 saturated heterocycles. The second-order valence-corrected chi connectivity index (χ2v) is 4.32. The van der Waals surface area contributed by atoms with Crippen molar-refractivity contribution >= 4 is 5.97 Å². The Morgan fingerprint density at radius 1 is 1.50 bits per heavy atom. The summed E-state index contributed by atoms with van der Waals surface area (Å²) in [7, 11) is 5.48. The van der Waals surface area contributed by atoms with Gasteiger partial charge in [-0.2, -0.15) is 0 Å². The highest BCUT2D eigenvalue weighted by atomic mass is 16.5. The lowest BCUT2D eigenvalue weighted by Gasteiger charge is -2.10. The van der Waals surface area contributed by atoms with Crippen LogP contribution in [0.25, 0.3) is 0 Å². The number of carbonyl (C=O) groups excluding carboxylic acids is 1. The SMILES string of the molecule is COC(=O)c1cccnc1CNCCCN(C)C. The summed E-state index contributed by atoms with van der Waals surface area (Å²) in [6, 6.07) is 3.47. The van der Waals surface area contributed by atoms with Crippen LogP contribution in [0.15, 0.2) is 18.3 Å². The summed E-state index contributed by atoms with van der Waals surface area (Å²) in [6.07, 6.45) is 2.75. The van der Waals surface area contributed by atoms with Gasteiger partial charge < -0.3 is 15.0 Å². The summed E-state index contributed by atoms with van der Waals surface area (Å²) in [6.45, 7) is 2.52. The minimum atomic E-state index is -0.340. The van der Waals surface area contributed by atoms with E-state index in [4.69, 9.17) is 4.74 Å². The van der Waals surface area contributed by atoms with Gasteiger partial charge >= 0.3 is 5.97 Å². The van der Waals surface area contributed by atoms with Gasteiger partial charge in [0, 0.05) is 12.7 Å². The molecule has 5 nitrogen and oxygen atoms in total. The number of esters is 1. The molecule has 0 fully saturated rings. The molecule has 0 aliphatic rings. The van der Waals surface area contributed by atoms with Gasteiger partial charge in [0.2, 0.25) is 0 Å². The first-order valence-electron chi connectivity index (χ1n) is 6.02. The molecule has 0 aliphatic carbocycles. The van der Waals surface area contributed by atoms with Crippen molar-refractivity contribution in [3.8, 4) is 0 Å². The molecule has 0 amide bonds. The van der Waals surface area contributed by atoms with Gasteiger partial charge in [0.15, 0.2) is 0 Å². The molecular formula is C13H21N3O2. The fraction of sp³-hybridized carbons (Fsp3) is 0.538. The molecule has 0 saturated carbocycles. The second-order valence-electron chi connectivity index (χ2n) is 4.32. The van der Waals surface area contributed by atoms with Crippen LogP contribution in [-0.2, 0) is 11.3 Å². The van der Waals surface area contributed by atoms with E-state index in [0.717, 1.165) is 25.2 Å². The first-order chi connectivity index (χ1) is 8.65. The molecule has 5 heteroatoms. The highest BCUT2D eigenvalue weighted by Gasteiger charge is 2.11. The molecular weight excluding hydrogens is 230 g/mol. The fourth-order valence-electron chi connectivity index (χ4n) is 1.60. The zero-order valence-electron chi connectivity index (χ0n) is 11.3. The van der Waals surface area contributed by atoms with E-state index < -0.39 is 0 Å². The third kappa shape index (κ3) is 4.81. The van der Waals surface area contributed by atoms with Gasteiger partial charge in [-0.05, 0) is 45.7 Å². The summed E-state index contributed by atoms with van der Waals surface area (Å²) in [4.78, 5) is 17.9. The van der Waals surface area contributed by atoms with Crippen LogP contribution >= 0.6 is 0 Å². The molecule has 18 heavy (non-hydrogen) atoms. The number of hydrogen-bond donors (Lipinski definition) is 1. The maximum atomic E-state index is 11.5. The molecule has 1 N–H and O–H groups in total. The summed E-state index contributed by atoms with van der Waals surface area (Å²) >= 11 is 0. The maximum Gasteiger partial charge on any atom is 0.339 e. The van der Waals surface area contributed by atoms with E-state index in [1.807, 2.05) is 14.1 Å². The first kappa shape index (κ1) is 14.6. The summed E-state index contributed by atoms with van der Waals surface area (Å²) in [5, 5.41) is 3.28. The Kier molecular flexibility index (Phi) is 6.32. The number of hydrogen-bond acceptors (Lipinski definition) is 5. The van der Waals surface area contributed by atoms with Gasteiger partial charge in [0.25, 0.3) is 0 Å². The quantitative estimate of drug-likeness (QED) is 0.576. The van der Waals surface area contributed by atoms with Crippen molar-refractivity contribution in [2.75, 3.05) is 34.3 Å². The molecule has 1 aromatic heterocycles. The Morgan fingerprint density at radius 2 is 2.28 bits per heavy atom. The van der Waals surface area contributed by atoms with E-state index in [-0.39, 0.29) is 5.97 Å². The van der Waals surface area contributed by atoms with Crippen LogP contribution in [-0.4, -0.2) is 50.1 Å². The van der Waals surface area contributed by atoms with E-state index in [0.29, 0.717) is 12.1 Å². The van der Waals surface area contributed by atoms with Crippen LogP contribution in [0.1, 0.15) is 22.5 Å². The van der Waals surface area contributed by atoms with Gasteiger partial charge in [-0.1, -0.05) is 0 Å². The van der Waals surface area contributed by atoms with Crippen LogP contribution in [0.4, 0.5) is 0 Å². The third-order valence-electron chi connectivity index (χ3n) is 2.55. The predicted octanol–water partition coefficient (Wildman–Crippen LogP) is 0.909. The molecule has 0 radical (unpaired) electrons.